The highest BCUT2D eigenvalue weighted by Gasteiger charge is 2.14. The van der Waals surface area contributed by atoms with E-state index in [-0.39, 0.29) is 0 Å². The second-order valence-corrected chi connectivity index (χ2v) is 5.81. The van der Waals surface area contributed by atoms with Crippen LogP contribution in [0.2, 0.25) is 0 Å². The molecule has 0 saturated carbocycles. The first kappa shape index (κ1) is 16.4. The number of pyridine rings is 1. The van der Waals surface area contributed by atoms with Gasteiger partial charge in [0.25, 0.3) is 0 Å². The van der Waals surface area contributed by atoms with Crippen molar-refractivity contribution >= 4 is 12.2 Å². The molecular weight excluding hydrogens is 308 g/mol. The molecule has 0 aliphatic carbocycles. The first-order chi connectivity index (χ1) is 12.2. The van der Waals surface area contributed by atoms with Gasteiger partial charge in [-0.1, -0.05) is 60.7 Å². The Morgan fingerprint density at radius 1 is 0.960 bits per heavy atom. The predicted octanol–water partition coefficient (Wildman–Crippen LogP) is 4.51. The van der Waals surface area contributed by atoms with Gasteiger partial charge in [0.05, 0.1) is 12.0 Å². The van der Waals surface area contributed by atoms with Crippen molar-refractivity contribution in [2.75, 3.05) is 14.1 Å². The molecule has 0 unspecified atom stereocenters. The lowest BCUT2D eigenvalue weighted by Crippen LogP contribution is -2.07. The minimum Gasteiger partial charge on any atom is -0.369 e. The van der Waals surface area contributed by atoms with Gasteiger partial charge >= 0.3 is 0 Å². The average molecular weight is 326 g/mol. The molecule has 122 valence electrons. The van der Waals surface area contributed by atoms with Crippen molar-refractivity contribution in [1.29, 1.82) is 5.26 Å². The third kappa shape index (κ3) is 3.73. The molecule has 4 nitrogen and oxygen atoms in total. The molecule has 0 radical (unpaired) electrons. The first-order valence-corrected chi connectivity index (χ1v) is 7.95. The number of nitrogens with zero attached hydrogens (tertiary/aromatic N) is 4. The van der Waals surface area contributed by atoms with Gasteiger partial charge in [-0.05, 0) is 11.6 Å². The molecule has 0 aliphatic heterocycles. The average Bonchev–Trinajstić information content (AvgIpc) is 2.67. The SMILES string of the molecule is CN(C)C=Nc1nc(-c2ccccc2)cc(-c2ccccc2)c1C#N. The van der Waals surface area contributed by atoms with Gasteiger partial charge in [-0.3, -0.25) is 0 Å². The smallest absolute Gasteiger partial charge is 0.172 e. The van der Waals surface area contributed by atoms with Gasteiger partial charge in [0.1, 0.15) is 11.6 Å². The molecule has 4 heteroatoms. The Morgan fingerprint density at radius 2 is 1.56 bits per heavy atom. The third-order valence-electron chi connectivity index (χ3n) is 3.68. The summed E-state index contributed by atoms with van der Waals surface area (Å²) in [4.78, 5) is 10.9. The molecule has 3 aromatic rings. The zero-order chi connectivity index (χ0) is 17.6. The molecule has 3 rings (SSSR count). The summed E-state index contributed by atoms with van der Waals surface area (Å²) in [5, 5.41) is 9.71. The maximum absolute atomic E-state index is 9.71. The van der Waals surface area contributed by atoms with E-state index in [1.807, 2.05) is 85.7 Å². The Hall–Kier alpha value is -3.45. The minimum absolute atomic E-state index is 0.427. The number of nitriles is 1. The highest BCUT2D eigenvalue weighted by Crippen LogP contribution is 2.33. The lowest BCUT2D eigenvalue weighted by molar-refractivity contribution is 0.643. The van der Waals surface area contributed by atoms with Crippen molar-refractivity contribution in [1.82, 2.24) is 9.88 Å². The van der Waals surface area contributed by atoms with E-state index in [0.717, 1.165) is 22.4 Å². The Bertz CT molecular complexity index is 923. The van der Waals surface area contributed by atoms with Crippen LogP contribution in [0.3, 0.4) is 0 Å². The van der Waals surface area contributed by atoms with Crippen LogP contribution in [0.5, 0.6) is 0 Å². The number of aromatic nitrogens is 1. The molecule has 0 aliphatic rings. The van der Waals surface area contributed by atoms with Gasteiger partial charge < -0.3 is 4.90 Å². The van der Waals surface area contributed by atoms with Gasteiger partial charge in [-0.25, -0.2) is 9.98 Å². The van der Waals surface area contributed by atoms with Crippen molar-refractivity contribution in [2.24, 2.45) is 4.99 Å². The quantitative estimate of drug-likeness (QED) is 0.523. The minimum atomic E-state index is 0.427. The van der Waals surface area contributed by atoms with E-state index in [2.05, 4.69) is 16.0 Å². The summed E-state index contributed by atoms with van der Waals surface area (Å²) >= 11 is 0. The summed E-state index contributed by atoms with van der Waals surface area (Å²) in [6.07, 6.45) is 1.66. The van der Waals surface area contributed by atoms with E-state index in [1.165, 1.54) is 0 Å². The zero-order valence-electron chi connectivity index (χ0n) is 14.2. The lowest BCUT2D eigenvalue weighted by atomic mass is 9.98. The van der Waals surface area contributed by atoms with Gasteiger partial charge in [0.2, 0.25) is 0 Å². The van der Waals surface area contributed by atoms with Crippen LogP contribution in [0, 0.1) is 11.3 Å². The highest BCUT2D eigenvalue weighted by molar-refractivity contribution is 5.81. The topological polar surface area (TPSA) is 52.3 Å². The fourth-order valence-electron chi connectivity index (χ4n) is 2.51. The Balaban J connectivity index is 2.26. The fourth-order valence-corrected chi connectivity index (χ4v) is 2.51. The number of aliphatic imine (C=N–C) groups is 1. The maximum atomic E-state index is 9.71. The van der Waals surface area contributed by atoms with Crippen LogP contribution in [0.15, 0.2) is 71.7 Å². The van der Waals surface area contributed by atoms with E-state index in [4.69, 9.17) is 0 Å². The second-order valence-electron chi connectivity index (χ2n) is 5.81. The Labute approximate surface area is 147 Å². The Kier molecular flexibility index (Phi) is 4.87. The molecule has 25 heavy (non-hydrogen) atoms. The summed E-state index contributed by atoms with van der Waals surface area (Å²) in [5.41, 5.74) is 4.07. The van der Waals surface area contributed by atoms with Crippen molar-refractivity contribution in [2.45, 2.75) is 0 Å². The summed E-state index contributed by atoms with van der Waals surface area (Å²) < 4.78 is 0. The monoisotopic (exact) mass is 326 g/mol. The number of benzene rings is 2. The molecule has 0 amide bonds. The molecule has 0 saturated heterocycles. The summed E-state index contributed by atoms with van der Waals surface area (Å²) in [7, 11) is 3.77. The van der Waals surface area contributed by atoms with E-state index >= 15 is 0 Å². The fraction of sp³-hybridized carbons (Fsp3) is 0.0952. The third-order valence-corrected chi connectivity index (χ3v) is 3.68. The van der Waals surface area contributed by atoms with Crippen LogP contribution >= 0.6 is 0 Å². The zero-order valence-corrected chi connectivity index (χ0v) is 14.2. The molecule has 0 atom stereocenters. The second kappa shape index (κ2) is 7.41. The molecule has 1 aromatic heterocycles. The van der Waals surface area contributed by atoms with Crippen molar-refractivity contribution in [3.63, 3.8) is 0 Å². The van der Waals surface area contributed by atoms with Gasteiger partial charge in [-0.2, -0.15) is 5.26 Å². The molecule has 0 N–H and O–H groups in total. The van der Waals surface area contributed by atoms with Crippen LogP contribution in [0.25, 0.3) is 22.4 Å². The summed E-state index contributed by atoms with van der Waals surface area (Å²) in [6, 6.07) is 24.0. The van der Waals surface area contributed by atoms with E-state index in [0.29, 0.717) is 11.4 Å². The standard InChI is InChI=1S/C21H18N4/c1-25(2)15-23-21-19(14-22)18(16-9-5-3-6-10-16)13-20(24-21)17-11-7-4-8-12-17/h3-13,15H,1-2H3. The van der Waals surface area contributed by atoms with Crippen LogP contribution in [-0.2, 0) is 0 Å². The lowest BCUT2D eigenvalue weighted by Gasteiger charge is -2.11. The van der Waals surface area contributed by atoms with Crippen LogP contribution in [-0.4, -0.2) is 30.3 Å². The largest absolute Gasteiger partial charge is 0.369 e. The van der Waals surface area contributed by atoms with Crippen molar-refractivity contribution < 1.29 is 0 Å². The number of hydrogen-bond acceptors (Lipinski definition) is 3. The molecule has 2 aromatic carbocycles. The molecule has 1 heterocycles. The molecule has 0 bridgehead atoms. The highest BCUT2D eigenvalue weighted by atomic mass is 15.1. The number of hydrogen-bond donors (Lipinski definition) is 0. The molecular formula is C21H18N4. The first-order valence-electron chi connectivity index (χ1n) is 7.95. The molecule has 0 fully saturated rings. The van der Waals surface area contributed by atoms with Gasteiger partial charge in [-0.15, -0.1) is 0 Å². The van der Waals surface area contributed by atoms with Gasteiger partial charge in [0, 0.05) is 25.2 Å². The van der Waals surface area contributed by atoms with Crippen LogP contribution in [0.4, 0.5) is 5.82 Å². The molecule has 0 spiro atoms. The summed E-state index contributed by atoms with van der Waals surface area (Å²) in [6.45, 7) is 0. The van der Waals surface area contributed by atoms with E-state index in [9.17, 15) is 5.26 Å². The van der Waals surface area contributed by atoms with Crippen molar-refractivity contribution in [3.8, 4) is 28.5 Å². The summed E-state index contributed by atoms with van der Waals surface area (Å²) in [5.74, 6) is 0.427. The van der Waals surface area contributed by atoms with Gasteiger partial charge in [0.15, 0.2) is 5.82 Å². The maximum Gasteiger partial charge on any atom is 0.172 e. The van der Waals surface area contributed by atoms with Crippen LogP contribution in [0.1, 0.15) is 5.56 Å². The normalized spacial score (nSPS) is 10.6. The van der Waals surface area contributed by atoms with E-state index in [1.54, 1.807) is 6.34 Å². The predicted molar refractivity (Wildman–Crippen MR) is 102 cm³/mol. The van der Waals surface area contributed by atoms with Crippen molar-refractivity contribution in [3.05, 3.63) is 72.3 Å². The van der Waals surface area contributed by atoms with Crippen LogP contribution < -0.4 is 0 Å². The number of rotatable bonds is 4. The van der Waals surface area contributed by atoms with E-state index < -0.39 is 0 Å². The Morgan fingerprint density at radius 3 is 2.12 bits per heavy atom.